The first-order valence-electron chi connectivity index (χ1n) is 8.03. The largest absolute Gasteiger partial charge is 0.472 e. The third kappa shape index (κ3) is 5.79. The Labute approximate surface area is 137 Å². The van der Waals surface area contributed by atoms with Crippen LogP contribution in [0, 0.1) is 0 Å². The normalized spacial score (nSPS) is 40.3. The molecule has 2 rings (SSSR count). The predicted octanol–water partition coefficient (Wildman–Crippen LogP) is -0.189. The highest BCUT2D eigenvalue weighted by molar-refractivity contribution is 7.47. The zero-order valence-electron chi connectivity index (χ0n) is 13.8. The van der Waals surface area contributed by atoms with Gasteiger partial charge in [-0.05, 0) is 13.8 Å². The minimum Gasteiger partial charge on any atom is -0.390 e. The summed E-state index contributed by atoms with van der Waals surface area (Å²) in [5.41, 5.74) is 0. The second-order valence-electron chi connectivity index (χ2n) is 6.05. The van der Waals surface area contributed by atoms with Gasteiger partial charge < -0.3 is 24.2 Å². The molecule has 7 atom stereocenters. The van der Waals surface area contributed by atoms with E-state index in [-0.39, 0.29) is 24.8 Å². The van der Waals surface area contributed by atoms with Gasteiger partial charge >= 0.3 is 7.82 Å². The Kier molecular flexibility index (Phi) is 7.07. The van der Waals surface area contributed by atoms with E-state index >= 15 is 0 Å². The summed E-state index contributed by atoms with van der Waals surface area (Å²) in [6.45, 7) is 4.54. The molecule has 8 nitrogen and oxygen atoms in total. The lowest BCUT2D eigenvalue weighted by Gasteiger charge is -2.21. The van der Waals surface area contributed by atoms with E-state index < -0.39 is 26.1 Å². The fourth-order valence-electron chi connectivity index (χ4n) is 2.84. The molecule has 0 aromatic carbocycles. The fourth-order valence-corrected chi connectivity index (χ4v) is 3.83. The van der Waals surface area contributed by atoms with Gasteiger partial charge in [0.05, 0.1) is 43.6 Å². The quantitative estimate of drug-likeness (QED) is 0.458. The first kappa shape index (κ1) is 19.3. The zero-order chi connectivity index (χ0) is 17.0. The summed E-state index contributed by atoms with van der Waals surface area (Å²) < 4.78 is 38.6. The van der Waals surface area contributed by atoms with E-state index in [1.165, 1.54) is 0 Å². The Morgan fingerprint density at radius 1 is 1.30 bits per heavy atom. The van der Waals surface area contributed by atoms with Crippen molar-refractivity contribution in [1.29, 1.82) is 0 Å². The van der Waals surface area contributed by atoms with Crippen molar-refractivity contribution < 1.29 is 37.8 Å². The first-order valence-corrected chi connectivity index (χ1v) is 9.52. The molecule has 3 unspecified atom stereocenters. The van der Waals surface area contributed by atoms with Crippen LogP contribution in [0.5, 0.6) is 0 Å². The Morgan fingerprint density at radius 3 is 2.65 bits per heavy atom. The van der Waals surface area contributed by atoms with Gasteiger partial charge in [-0.3, -0.25) is 9.05 Å². The third-order valence-corrected chi connectivity index (χ3v) is 5.03. The first-order chi connectivity index (χ1) is 10.8. The van der Waals surface area contributed by atoms with Gasteiger partial charge in [0.25, 0.3) is 0 Å². The van der Waals surface area contributed by atoms with E-state index in [1.54, 1.807) is 7.85 Å². The van der Waals surface area contributed by atoms with Crippen LogP contribution < -0.4 is 0 Å². The Bertz CT molecular complexity index is 425. The number of aliphatic hydroxyl groups is 1. The van der Waals surface area contributed by atoms with Gasteiger partial charge in [0.15, 0.2) is 0 Å². The molecular weight excluding hydrogens is 326 g/mol. The van der Waals surface area contributed by atoms with E-state index in [2.05, 4.69) is 0 Å². The van der Waals surface area contributed by atoms with Crippen molar-refractivity contribution in [3.63, 3.8) is 0 Å². The summed E-state index contributed by atoms with van der Waals surface area (Å²) in [6.07, 6.45) is -1.15. The molecule has 2 N–H and O–H groups in total. The van der Waals surface area contributed by atoms with Crippen molar-refractivity contribution in [2.24, 2.45) is 0 Å². The molecule has 0 aliphatic carbocycles. The Balaban J connectivity index is 1.78. The van der Waals surface area contributed by atoms with Gasteiger partial charge in [-0.1, -0.05) is 0 Å². The molecule has 0 amide bonds. The fraction of sp³-hybridized carbons (Fsp3) is 1.00. The Hall–Kier alpha value is 0.0149. The molecule has 0 spiro atoms. The van der Waals surface area contributed by atoms with Crippen molar-refractivity contribution in [3.8, 4) is 0 Å². The smallest absolute Gasteiger partial charge is 0.390 e. The molecule has 0 saturated carbocycles. The van der Waals surface area contributed by atoms with Crippen LogP contribution in [0.25, 0.3) is 0 Å². The maximum absolute atomic E-state index is 12.1. The van der Waals surface area contributed by atoms with Gasteiger partial charge in [0, 0.05) is 19.4 Å². The summed E-state index contributed by atoms with van der Waals surface area (Å²) >= 11 is 0. The second kappa shape index (κ2) is 8.40. The minimum atomic E-state index is -4.24. The molecular formula is C13H26BO8P. The second-order valence-corrected chi connectivity index (χ2v) is 7.46. The summed E-state index contributed by atoms with van der Waals surface area (Å²) in [7, 11) is -2.46. The molecule has 2 aliphatic heterocycles. The van der Waals surface area contributed by atoms with Gasteiger partial charge in [0.2, 0.25) is 0 Å². The van der Waals surface area contributed by atoms with Crippen LogP contribution in [-0.2, 0) is 27.8 Å². The molecule has 23 heavy (non-hydrogen) atoms. The average molecular weight is 352 g/mol. The van der Waals surface area contributed by atoms with Crippen LogP contribution in [0.15, 0.2) is 0 Å². The summed E-state index contributed by atoms with van der Waals surface area (Å²) in [4.78, 5) is 9.85. The maximum atomic E-state index is 12.1. The number of aliphatic hydroxyl groups excluding tert-OH is 1. The van der Waals surface area contributed by atoms with Crippen LogP contribution >= 0.6 is 7.82 Å². The van der Waals surface area contributed by atoms with Gasteiger partial charge in [-0.2, -0.15) is 0 Å². The number of phosphoric ester groups is 1. The lowest BCUT2D eigenvalue weighted by molar-refractivity contribution is -0.0236. The molecule has 10 heteroatoms. The zero-order valence-corrected chi connectivity index (χ0v) is 14.7. The molecule has 2 heterocycles. The maximum Gasteiger partial charge on any atom is 0.472 e. The molecule has 134 valence electrons. The van der Waals surface area contributed by atoms with E-state index in [0.29, 0.717) is 26.1 Å². The number of hydrogen-bond donors (Lipinski definition) is 2. The molecule has 2 saturated heterocycles. The summed E-state index contributed by atoms with van der Waals surface area (Å²) in [6, 6.07) is -0.321. The van der Waals surface area contributed by atoms with Crippen molar-refractivity contribution in [3.05, 3.63) is 0 Å². The molecule has 0 aromatic rings. The van der Waals surface area contributed by atoms with Crippen molar-refractivity contribution >= 4 is 15.7 Å². The lowest BCUT2D eigenvalue weighted by atomic mass is 9.94. The molecule has 2 fully saturated rings. The summed E-state index contributed by atoms with van der Waals surface area (Å²) in [5, 5.41) is 9.75. The van der Waals surface area contributed by atoms with E-state index in [0.717, 1.165) is 0 Å². The monoisotopic (exact) mass is 352 g/mol. The van der Waals surface area contributed by atoms with Crippen LogP contribution in [0.1, 0.15) is 26.7 Å². The number of ether oxygens (including phenoxy) is 3. The number of phosphoric acid groups is 1. The van der Waals surface area contributed by atoms with Crippen LogP contribution in [0.3, 0.4) is 0 Å². The van der Waals surface area contributed by atoms with Crippen LogP contribution in [0.4, 0.5) is 0 Å². The highest BCUT2D eigenvalue weighted by Crippen LogP contribution is 2.47. The third-order valence-electron chi connectivity index (χ3n) is 4.01. The van der Waals surface area contributed by atoms with E-state index in [4.69, 9.17) is 23.3 Å². The highest BCUT2D eigenvalue weighted by Gasteiger charge is 2.40. The van der Waals surface area contributed by atoms with Gasteiger partial charge in [0.1, 0.15) is 14.0 Å². The molecule has 0 aromatic heterocycles. The Morgan fingerprint density at radius 2 is 2.04 bits per heavy atom. The van der Waals surface area contributed by atoms with Crippen molar-refractivity contribution in [2.75, 3.05) is 19.8 Å². The SMILES string of the molecule is B[C@@H]1O[C@H](COCC)CC1OP(=O)(O)OC[C@H]1O[C@@H](C)CC1O. The topological polar surface area (TPSA) is 104 Å². The number of hydrogen-bond acceptors (Lipinski definition) is 7. The standard InChI is InChI=1S/C13H26BO8P/c1-3-18-6-9-5-11(13(14)21-9)22-23(16,17)19-7-12-10(15)4-8(2)20-12/h8-13,15H,3-7,14H2,1-2H3,(H,16,17)/t8-,9-,10?,11?,12+,13+/m0/s1. The molecule has 2 aliphatic rings. The van der Waals surface area contributed by atoms with Crippen LogP contribution in [0.2, 0.25) is 0 Å². The van der Waals surface area contributed by atoms with Crippen LogP contribution in [-0.4, -0.2) is 74.2 Å². The molecule has 0 radical (unpaired) electrons. The summed E-state index contributed by atoms with van der Waals surface area (Å²) in [5.74, 6) is 0. The van der Waals surface area contributed by atoms with Crippen molar-refractivity contribution in [1.82, 2.24) is 0 Å². The minimum absolute atomic E-state index is 0.0971. The highest BCUT2D eigenvalue weighted by atomic mass is 31.2. The van der Waals surface area contributed by atoms with E-state index in [9.17, 15) is 14.6 Å². The van der Waals surface area contributed by atoms with Gasteiger partial charge in [-0.15, -0.1) is 0 Å². The van der Waals surface area contributed by atoms with Crippen molar-refractivity contribution in [2.45, 2.75) is 63.2 Å². The average Bonchev–Trinajstić information content (AvgIpc) is 2.96. The molecule has 0 bridgehead atoms. The predicted molar refractivity (Wildman–Crippen MR) is 83.9 cm³/mol. The lowest BCUT2D eigenvalue weighted by Crippen LogP contribution is -2.27. The van der Waals surface area contributed by atoms with Gasteiger partial charge in [-0.25, -0.2) is 4.57 Å². The number of rotatable bonds is 8. The van der Waals surface area contributed by atoms with E-state index in [1.807, 2.05) is 13.8 Å².